The predicted molar refractivity (Wildman–Crippen MR) is 97.8 cm³/mol. The van der Waals surface area contributed by atoms with Crippen molar-refractivity contribution >= 4 is 44.6 Å². The molecule has 118 valence electrons. The Morgan fingerprint density at radius 2 is 2.09 bits per heavy atom. The summed E-state index contributed by atoms with van der Waals surface area (Å²) in [4.78, 5) is 18.8. The topological polar surface area (TPSA) is 56.0 Å². The highest BCUT2D eigenvalue weighted by Gasteiger charge is 2.21. The Hall–Kier alpha value is -1.91. The van der Waals surface area contributed by atoms with E-state index in [4.69, 9.17) is 17.3 Å². The van der Waals surface area contributed by atoms with Crippen LogP contribution in [-0.2, 0) is 6.42 Å². The molecule has 3 aromatic rings. The summed E-state index contributed by atoms with van der Waals surface area (Å²) in [6, 6.07) is 6.93. The molecule has 1 aromatic carbocycles. The first-order valence-electron chi connectivity index (χ1n) is 7.42. The van der Waals surface area contributed by atoms with E-state index in [0.717, 1.165) is 27.9 Å². The van der Waals surface area contributed by atoms with Crippen LogP contribution in [0.1, 0.15) is 39.0 Å². The number of pyridine rings is 1. The summed E-state index contributed by atoms with van der Waals surface area (Å²) in [6.07, 6.45) is 0.896. The van der Waals surface area contributed by atoms with Crippen molar-refractivity contribution in [3.05, 3.63) is 56.5 Å². The number of hydrogen-bond donors (Lipinski definition) is 1. The van der Waals surface area contributed by atoms with E-state index >= 15 is 0 Å². The Labute approximate surface area is 144 Å². The third-order valence-corrected chi connectivity index (χ3v) is 5.44. The van der Waals surface area contributed by atoms with Crippen LogP contribution in [0.4, 0.5) is 5.69 Å². The van der Waals surface area contributed by atoms with Crippen molar-refractivity contribution in [3.63, 3.8) is 0 Å². The number of nitrogens with two attached hydrogens (primary N) is 1. The number of nitrogens with zero attached hydrogens (tertiary/aromatic N) is 1. The van der Waals surface area contributed by atoms with Crippen molar-refractivity contribution in [2.75, 3.05) is 5.73 Å². The molecule has 3 nitrogen and oxygen atoms in total. The predicted octanol–water partition coefficient (Wildman–Crippen LogP) is 4.94. The van der Waals surface area contributed by atoms with Crippen molar-refractivity contribution in [2.45, 2.75) is 27.2 Å². The number of carbonyl (C=O) groups is 1. The Morgan fingerprint density at radius 1 is 1.35 bits per heavy atom. The lowest BCUT2D eigenvalue weighted by Crippen LogP contribution is -2.02. The van der Waals surface area contributed by atoms with Crippen LogP contribution in [0, 0.1) is 13.8 Å². The monoisotopic (exact) mass is 344 g/mol. The number of aromatic nitrogens is 1. The molecular weight excluding hydrogens is 328 g/mol. The van der Waals surface area contributed by atoms with E-state index in [1.165, 1.54) is 16.9 Å². The molecule has 3 rings (SSSR count). The minimum absolute atomic E-state index is 0.108. The maximum Gasteiger partial charge on any atom is 0.205 e. The zero-order valence-electron chi connectivity index (χ0n) is 13.2. The number of anilines is 1. The second-order valence-corrected chi connectivity index (χ2v) is 6.95. The first kappa shape index (κ1) is 16.0. The van der Waals surface area contributed by atoms with Gasteiger partial charge in [-0.05, 0) is 43.5 Å². The van der Waals surface area contributed by atoms with Crippen LogP contribution in [0.3, 0.4) is 0 Å². The van der Waals surface area contributed by atoms with Gasteiger partial charge in [-0.2, -0.15) is 0 Å². The molecule has 5 heteroatoms. The summed E-state index contributed by atoms with van der Waals surface area (Å²) in [5.74, 6) is -0.108. The summed E-state index contributed by atoms with van der Waals surface area (Å²) >= 11 is 7.34. The van der Waals surface area contributed by atoms with Gasteiger partial charge in [0, 0.05) is 21.7 Å². The summed E-state index contributed by atoms with van der Waals surface area (Å²) in [5.41, 5.74) is 10.7. The van der Waals surface area contributed by atoms with Gasteiger partial charge in [-0.25, -0.2) is 4.98 Å². The van der Waals surface area contributed by atoms with E-state index in [9.17, 15) is 4.79 Å². The van der Waals surface area contributed by atoms with E-state index in [-0.39, 0.29) is 5.78 Å². The zero-order chi connectivity index (χ0) is 16.7. The Morgan fingerprint density at radius 3 is 2.74 bits per heavy atom. The number of benzene rings is 1. The van der Waals surface area contributed by atoms with E-state index in [0.29, 0.717) is 21.2 Å². The number of rotatable bonds is 3. The van der Waals surface area contributed by atoms with Gasteiger partial charge in [0.05, 0.1) is 5.69 Å². The number of aryl methyl sites for hydroxylation is 2. The summed E-state index contributed by atoms with van der Waals surface area (Å²) < 4.78 is 0. The summed E-state index contributed by atoms with van der Waals surface area (Å²) in [7, 11) is 0. The van der Waals surface area contributed by atoms with E-state index in [1.807, 2.05) is 13.8 Å². The molecule has 0 aliphatic heterocycles. The summed E-state index contributed by atoms with van der Waals surface area (Å²) in [5, 5.41) is 1.44. The van der Waals surface area contributed by atoms with Crippen LogP contribution in [0.2, 0.25) is 5.02 Å². The lowest BCUT2D eigenvalue weighted by atomic mass is 10.0. The molecule has 2 N–H and O–H groups in total. The van der Waals surface area contributed by atoms with Gasteiger partial charge in [0.25, 0.3) is 0 Å². The van der Waals surface area contributed by atoms with Crippen molar-refractivity contribution in [1.29, 1.82) is 0 Å². The number of thiophene rings is 1. The van der Waals surface area contributed by atoms with Gasteiger partial charge in [-0.15, -0.1) is 11.3 Å². The maximum atomic E-state index is 12.8. The number of fused-ring (bicyclic) bond motifs is 1. The molecule has 0 radical (unpaired) electrons. The fourth-order valence-electron chi connectivity index (χ4n) is 2.97. The second kappa shape index (κ2) is 5.95. The van der Waals surface area contributed by atoms with Crippen molar-refractivity contribution in [3.8, 4) is 0 Å². The molecule has 2 heterocycles. The molecule has 0 atom stereocenters. The Balaban J connectivity index is 2.22. The smallest absolute Gasteiger partial charge is 0.205 e. The standard InChI is InChI=1S/C18H17ClN2OS/c1-4-13-9(2)14-15(20)17(23-18(14)21-10(13)3)16(22)11-6-5-7-12(19)8-11/h5-8H,4,20H2,1-3H3. The van der Waals surface area contributed by atoms with Crippen molar-refractivity contribution < 1.29 is 4.79 Å². The van der Waals surface area contributed by atoms with Crippen LogP contribution in [0.5, 0.6) is 0 Å². The van der Waals surface area contributed by atoms with Crippen LogP contribution in [0.15, 0.2) is 24.3 Å². The maximum absolute atomic E-state index is 12.8. The quantitative estimate of drug-likeness (QED) is 0.684. The third-order valence-electron chi connectivity index (χ3n) is 4.11. The Kier molecular flexibility index (Phi) is 4.13. The minimum Gasteiger partial charge on any atom is -0.397 e. The molecule has 0 saturated carbocycles. The van der Waals surface area contributed by atoms with Gasteiger partial charge < -0.3 is 5.73 Å². The van der Waals surface area contributed by atoms with E-state index in [2.05, 4.69) is 11.9 Å². The number of carbonyl (C=O) groups excluding carboxylic acids is 1. The molecule has 0 unspecified atom stereocenters. The zero-order valence-corrected chi connectivity index (χ0v) is 14.8. The van der Waals surface area contributed by atoms with Gasteiger partial charge in [0.2, 0.25) is 5.78 Å². The molecule has 0 spiro atoms. The molecule has 0 aliphatic rings. The fraction of sp³-hybridized carbons (Fsp3) is 0.222. The third kappa shape index (κ3) is 2.62. The van der Waals surface area contributed by atoms with Gasteiger partial charge in [0.15, 0.2) is 0 Å². The molecule has 0 aliphatic carbocycles. The molecule has 23 heavy (non-hydrogen) atoms. The highest BCUT2D eigenvalue weighted by molar-refractivity contribution is 7.21. The first-order chi connectivity index (χ1) is 10.9. The highest BCUT2D eigenvalue weighted by Crippen LogP contribution is 2.38. The number of ketones is 1. The van der Waals surface area contributed by atoms with Crippen molar-refractivity contribution in [1.82, 2.24) is 4.98 Å². The normalized spacial score (nSPS) is 11.1. The first-order valence-corrected chi connectivity index (χ1v) is 8.61. The van der Waals surface area contributed by atoms with Gasteiger partial charge in [-0.3, -0.25) is 4.79 Å². The number of halogens is 1. The second-order valence-electron chi connectivity index (χ2n) is 5.52. The average molecular weight is 345 g/mol. The van der Waals surface area contributed by atoms with Crippen LogP contribution in [-0.4, -0.2) is 10.8 Å². The lowest BCUT2D eigenvalue weighted by molar-refractivity contribution is 0.104. The van der Waals surface area contributed by atoms with E-state index in [1.54, 1.807) is 24.3 Å². The molecular formula is C18H17ClN2OS. The molecule has 0 bridgehead atoms. The van der Waals surface area contributed by atoms with Crippen molar-refractivity contribution in [2.24, 2.45) is 0 Å². The molecule has 0 fully saturated rings. The van der Waals surface area contributed by atoms with Crippen LogP contribution < -0.4 is 5.73 Å². The SMILES string of the molecule is CCc1c(C)nc2sc(C(=O)c3cccc(Cl)c3)c(N)c2c1C. The molecule has 0 amide bonds. The van der Waals surface area contributed by atoms with Crippen LogP contribution in [0.25, 0.3) is 10.2 Å². The number of hydrogen-bond acceptors (Lipinski definition) is 4. The largest absolute Gasteiger partial charge is 0.397 e. The fourth-order valence-corrected chi connectivity index (χ4v) is 4.32. The van der Waals surface area contributed by atoms with E-state index < -0.39 is 0 Å². The molecule has 2 aromatic heterocycles. The van der Waals surface area contributed by atoms with Gasteiger partial charge in [-0.1, -0.05) is 30.7 Å². The summed E-state index contributed by atoms with van der Waals surface area (Å²) in [6.45, 7) is 6.15. The van der Waals surface area contributed by atoms with Gasteiger partial charge in [0.1, 0.15) is 9.71 Å². The lowest BCUT2D eigenvalue weighted by Gasteiger charge is -2.08. The van der Waals surface area contributed by atoms with Crippen LogP contribution >= 0.6 is 22.9 Å². The Bertz CT molecular complexity index is 930. The highest BCUT2D eigenvalue weighted by atomic mass is 35.5. The van der Waals surface area contributed by atoms with Gasteiger partial charge >= 0.3 is 0 Å². The number of nitrogen functional groups attached to an aromatic ring is 1. The minimum atomic E-state index is -0.108. The average Bonchev–Trinajstić information content (AvgIpc) is 2.83. The molecule has 0 saturated heterocycles.